The van der Waals surface area contributed by atoms with Crippen LogP contribution < -0.4 is 0 Å². The minimum atomic E-state index is -1.28. The fourth-order valence-electron chi connectivity index (χ4n) is 1.01. The second-order valence-corrected chi connectivity index (χ2v) is 6.45. The van der Waals surface area contributed by atoms with Gasteiger partial charge in [-0.25, -0.2) is 8.60 Å². The van der Waals surface area contributed by atoms with E-state index in [4.69, 9.17) is 0 Å². The molecule has 0 heterocycles. The Morgan fingerprint density at radius 3 is 2.19 bits per heavy atom. The average Bonchev–Trinajstić information content (AvgIpc) is 2.17. The molecule has 0 bridgehead atoms. The Kier molecular flexibility index (Phi) is 3.97. The molecule has 88 valence electrons. The minimum Gasteiger partial charge on any atom is -0.234 e. The number of halogens is 1. The monoisotopic (exact) mass is 241 g/mol. The van der Waals surface area contributed by atoms with Crippen LogP contribution in [0.4, 0.5) is 4.39 Å². The predicted octanol–water partition coefficient (Wildman–Crippen LogP) is 3.10. The molecule has 1 rings (SSSR count). The summed E-state index contributed by atoms with van der Waals surface area (Å²) in [5, 5.41) is 0. The van der Waals surface area contributed by atoms with Crippen LogP contribution in [-0.2, 0) is 11.0 Å². The first-order valence-corrected chi connectivity index (χ1v) is 6.14. The zero-order valence-electron chi connectivity index (χ0n) is 9.95. The van der Waals surface area contributed by atoms with E-state index in [-0.39, 0.29) is 10.6 Å². The maximum absolute atomic E-state index is 12.7. The summed E-state index contributed by atoms with van der Waals surface area (Å²) in [5.41, 5.74) is 1.45. The lowest BCUT2D eigenvalue weighted by atomic mass is 10.1. The van der Waals surface area contributed by atoms with Crippen molar-refractivity contribution in [1.82, 2.24) is 0 Å². The Hall–Kier alpha value is -1.03. The van der Waals surface area contributed by atoms with Crippen molar-refractivity contribution in [3.8, 4) is 0 Å². The van der Waals surface area contributed by atoms with E-state index >= 15 is 0 Å². The molecular formula is C12H16FNOS. The van der Waals surface area contributed by atoms with Crippen molar-refractivity contribution >= 4 is 16.7 Å². The molecule has 1 aromatic carbocycles. The van der Waals surface area contributed by atoms with Crippen LogP contribution in [0.1, 0.15) is 33.3 Å². The van der Waals surface area contributed by atoms with Crippen LogP contribution in [0, 0.1) is 5.82 Å². The van der Waals surface area contributed by atoms with Gasteiger partial charge in [-0.3, -0.25) is 0 Å². The number of nitrogens with zero attached hydrogens (tertiary/aromatic N) is 1. The number of hydrogen-bond acceptors (Lipinski definition) is 1. The van der Waals surface area contributed by atoms with Gasteiger partial charge in [0.05, 0.1) is 10.5 Å². The molecule has 0 radical (unpaired) electrons. The van der Waals surface area contributed by atoms with Crippen molar-refractivity contribution < 1.29 is 8.60 Å². The molecule has 0 amide bonds. The van der Waals surface area contributed by atoms with Crippen molar-refractivity contribution in [3.63, 3.8) is 0 Å². The summed E-state index contributed by atoms with van der Waals surface area (Å²) >= 11 is 0. The highest BCUT2D eigenvalue weighted by atomic mass is 32.2. The molecule has 1 atom stereocenters. The van der Waals surface area contributed by atoms with Crippen molar-refractivity contribution in [1.29, 1.82) is 0 Å². The van der Waals surface area contributed by atoms with Crippen LogP contribution in [0.2, 0.25) is 0 Å². The van der Waals surface area contributed by atoms with Gasteiger partial charge in [-0.2, -0.15) is 4.40 Å². The molecule has 0 aliphatic rings. The molecule has 0 aliphatic carbocycles. The maximum atomic E-state index is 12.7. The Morgan fingerprint density at radius 1 is 1.25 bits per heavy atom. The lowest BCUT2D eigenvalue weighted by molar-refractivity contribution is 0.628. The van der Waals surface area contributed by atoms with Gasteiger partial charge in [0.25, 0.3) is 0 Å². The highest BCUT2D eigenvalue weighted by Gasteiger charge is 2.19. The van der Waals surface area contributed by atoms with E-state index in [1.54, 1.807) is 19.1 Å². The van der Waals surface area contributed by atoms with Crippen molar-refractivity contribution in [3.05, 3.63) is 35.6 Å². The van der Waals surface area contributed by atoms with E-state index in [9.17, 15) is 8.60 Å². The third kappa shape index (κ3) is 3.52. The van der Waals surface area contributed by atoms with Gasteiger partial charge < -0.3 is 0 Å². The zero-order chi connectivity index (χ0) is 12.3. The molecule has 1 unspecified atom stereocenters. The molecule has 0 saturated carbocycles. The van der Waals surface area contributed by atoms with Gasteiger partial charge >= 0.3 is 0 Å². The van der Waals surface area contributed by atoms with Crippen LogP contribution in [0.15, 0.2) is 28.7 Å². The van der Waals surface area contributed by atoms with Gasteiger partial charge in [-0.15, -0.1) is 0 Å². The first-order valence-electron chi connectivity index (χ1n) is 5.04. The highest BCUT2D eigenvalue weighted by molar-refractivity contribution is 7.85. The molecule has 0 fully saturated rings. The van der Waals surface area contributed by atoms with Gasteiger partial charge in [0.15, 0.2) is 0 Å². The van der Waals surface area contributed by atoms with Gasteiger partial charge in [0.2, 0.25) is 0 Å². The molecule has 16 heavy (non-hydrogen) atoms. The molecule has 4 heteroatoms. The fourth-order valence-corrected chi connectivity index (χ4v) is 1.63. The topological polar surface area (TPSA) is 29.4 Å². The third-order valence-corrected chi connectivity index (χ3v) is 3.49. The molecule has 0 aliphatic heterocycles. The van der Waals surface area contributed by atoms with E-state index in [1.807, 2.05) is 20.8 Å². The summed E-state index contributed by atoms with van der Waals surface area (Å²) in [5.74, 6) is -0.284. The first kappa shape index (κ1) is 13.0. The molecule has 0 spiro atoms. The molecule has 0 saturated heterocycles. The Bertz CT molecular complexity index is 418. The van der Waals surface area contributed by atoms with Crippen molar-refractivity contribution in [2.75, 3.05) is 0 Å². The standard InChI is InChI=1S/C12H16FNOS/c1-9(14-16(15)12(2,3)4)10-5-7-11(13)8-6-10/h5-8H,1-4H3. The third-order valence-electron chi connectivity index (χ3n) is 2.01. The normalized spacial score (nSPS) is 14.9. The largest absolute Gasteiger partial charge is 0.234 e. The second kappa shape index (κ2) is 4.87. The summed E-state index contributed by atoms with van der Waals surface area (Å²) < 4.78 is 28.2. The van der Waals surface area contributed by atoms with E-state index < -0.39 is 11.0 Å². The lowest BCUT2D eigenvalue weighted by Gasteiger charge is -2.14. The Morgan fingerprint density at radius 2 is 1.75 bits per heavy atom. The number of benzene rings is 1. The van der Waals surface area contributed by atoms with Crippen molar-refractivity contribution in [2.24, 2.45) is 4.40 Å². The van der Waals surface area contributed by atoms with Crippen molar-refractivity contribution in [2.45, 2.75) is 32.4 Å². The average molecular weight is 241 g/mol. The van der Waals surface area contributed by atoms with Crippen LogP contribution in [-0.4, -0.2) is 14.7 Å². The minimum absolute atomic E-state index is 0.284. The van der Waals surface area contributed by atoms with Gasteiger partial charge in [0, 0.05) is 0 Å². The highest BCUT2D eigenvalue weighted by Crippen LogP contribution is 2.14. The van der Waals surface area contributed by atoms with Crippen LogP contribution in [0.5, 0.6) is 0 Å². The number of hydrogen-bond donors (Lipinski definition) is 0. The summed E-state index contributed by atoms with van der Waals surface area (Å²) in [6, 6.07) is 6.00. The van der Waals surface area contributed by atoms with Crippen LogP contribution in [0.3, 0.4) is 0 Å². The fraction of sp³-hybridized carbons (Fsp3) is 0.417. The zero-order valence-corrected chi connectivity index (χ0v) is 10.8. The smallest absolute Gasteiger partial charge is 0.145 e. The van der Waals surface area contributed by atoms with E-state index in [2.05, 4.69) is 4.40 Å². The van der Waals surface area contributed by atoms with Crippen LogP contribution >= 0.6 is 0 Å². The molecule has 0 N–H and O–H groups in total. The van der Waals surface area contributed by atoms with E-state index in [0.717, 1.165) is 5.56 Å². The summed E-state index contributed by atoms with van der Waals surface area (Å²) in [6.45, 7) is 7.37. The Balaban J connectivity index is 2.94. The SMILES string of the molecule is CC(=NS(=O)C(C)(C)C)c1ccc(F)cc1. The van der Waals surface area contributed by atoms with Crippen LogP contribution in [0.25, 0.3) is 0 Å². The molecular weight excluding hydrogens is 225 g/mol. The summed E-state index contributed by atoms with van der Waals surface area (Å²) in [6.07, 6.45) is 0. The molecule has 0 aromatic heterocycles. The molecule has 2 nitrogen and oxygen atoms in total. The summed E-state index contributed by atoms with van der Waals surface area (Å²) in [4.78, 5) is 0. The van der Waals surface area contributed by atoms with E-state index in [0.29, 0.717) is 5.71 Å². The predicted molar refractivity (Wildman–Crippen MR) is 66.5 cm³/mol. The number of rotatable bonds is 2. The van der Waals surface area contributed by atoms with E-state index in [1.165, 1.54) is 12.1 Å². The van der Waals surface area contributed by atoms with Gasteiger partial charge in [-0.05, 0) is 45.4 Å². The van der Waals surface area contributed by atoms with Gasteiger partial charge in [0.1, 0.15) is 16.8 Å². The van der Waals surface area contributed by atoms with Gasteiger partial charge in [-0.1, -0.05) is 12.1 Å². The first-order chi connectivity index (χ1) is 7.30. The quantitative estimate of drug-likeness (QED) is 0.732. The second-order valence-electron chi connectivity index (χ2n) is 4.55. The maximum Gasteiger partial charge on any atom is 0.145 e. The summed E-state index contributed by atoms with van der Waals surface area (Å²) in [7, 11) is -1.28. The lowest BCUT2D eigenvalue weighted by Crippen LogP contribution is -2.20. The Labute approximate surface area is 98.2 Å². The molecule has 1 aromatic rings.